The van der Waals surface area contributed by atoms with E-state index >= 15 is 0 Å². The van der Waals surface area contributed by atoms with Gasteiger partial charge in [-0.15, -0.1) is 0 Å². The minimum Gasteiger partial charge on any atom is -0.480 e. The molecule has 0 saturated carbocycles. The summed E-state index contributed by atoms with van der Waals surface area (Å²) in [6.45, 7) is 6.90. The Labute approximate surface area is 105 Å². The third-order valence-corrected chi connectivity index (χ3v) is 2.61. The molecule has 2 atom stereocenters. The van der Waals surface area contributed by atoms with Gasteiger partial charge in [0, 0.05) is 0 Å². The van der Waals surface area contributed by atoms with Gasteiger partial charge in [-0.3, -0.25) is 4.79 Å². The van der Waals surface area contributed by atoms with Crippen LogP contribution in [-0.4, -0.2) is 37.8 Å². The van der Waals surface area contributed by atoms with Gasteiger partial charge in [0.1, 0.15) is 24.7 Å². The number of carboxylic acids is 1. The number of hydrogen-bond donors (Lipinski definition) is 2. The molecule has 0 radical (unpaired) electrons. The van der Waals surface area contributed by atoms with Gasteiger partial charge in [-0.2, -0.15) is 5.10 Å². The Morgan fingerprint density at radius 3 is 2.39 bits per heavy atom. The maximum Gasteiger partial charge on any atom is 0.326 e. The number of nitrogens with one attached hydrogen (secondary N) is 1. The van der Waals surface area contributed by atoms with Crippen molar-refractivity contribution in [2.45, 2.75) is 39.8 Å². The van der Waals surface area contributed by atoms with E-state index in [1.807, 2.05) is 0 Å². The summed E-state index contributed by atoms with van der Waals surface area (Å²) < 4.78 is 1.37. The lowest BCUT2D eigenvalue weighted by atomic mass is 9.86. The standard InChI is InChI=1S/C11H18N4O3/c1-7(15-6-12-5-13-15)9(16)14-8(10(17)18)11(2,3)4/h5-8H,1-4H3,(H,14,16)(H,17,18)/t7?,8-/m0/s1. The highest BCUT2D eigenvalue weighted by atomic mass is 16.4. The molecule has 7 heteroatoms. The predicted molar refractivity (Wildman–Crippen MR) is 63.8 cm³/mol. The number of hydrogen-bond acceptors (Lipinski definition) is 4. The highest BCUT2D eigenvalue weighted by Crippen LogP contribution is 2.20. The summed E-state index contributed by atoms with van der Waals surface area (Å²) in [6, 6.07) is -1.55. The topological polar surface area (TPSA) is 97.1 Å². The summed E-state index contributed by atoms with van der Waals surface area (Å²) >= 11 is 0. The summed E-state index contributed by atoms with van der Waals surface area (Å²) in [4.78, 5) is 26.8. The molecule has 0 aliphatic carbocycles. The molecule has 0 aromatic carbocycles. The van der Waals surface area contributed by atoms with Crippen molar-refractivity contribution in [1.82, 2.24) is 20.1 Å². The second kappa shape index (κ2) is 5.16. The molecule has 1 rings (SSSR count). The molecule has 0 aliphatic heterocycles. The summed E-state index contributed by atoms with van der Waals surface area (Å²) in [5, 5.41) is 15.5. The third kappa shape index (κ3) is 3.28. The van der Waals surface area contributed by atoms with Gasteiger partial charge in [-0.1, -0.05) is 20.8 Å². The van der Waals surface area contributed by atoms with E-state index in [1.165, 1.54) is 17.3 Å². The first-order valence-electron chi connectivity index (χ1n) is 5.60. The average Bonchev–Trinajstić information content (AvgIpc) is 2.75. The number of rotatable bonds is 4. The molecule has 0 saturated heterocycles. The fourth-order valence-corrected chi connectivity index (χ4v) is 1.45. The van der Waals surface area contributed by atoms with Crippen LogP contribution in [0.15, 0.2) is 12.7 Å². The number of carboxylic acid groups (broad SMARTS) is 1. The maximum atomic E-state index is 11.9. The van der Waals surface area contributed by atoms with Crippen molar-refractivity contribution in [3.63, 3.8) is 0 Å². The number of amides is 1. The molecular weight excluding hydrogens is 236 g/mol. The van der Waals surface area contributed by atoms with E-state index in [9.17, 15) is 9.59 Å². The Balaban J connectivity index is 2.77. The molecule has 100 valence electrons. The summed E-state index contributed by atoms with van der Waals surface area (Å²) in [5.74, 6) is -1.45. The first kappa shape index (κ1) is 14.1. The minimum absolute atomic E-state index is 0.400. The monoisotopic (exact) mass is 254 g/mol. The largest absolute Gasteiger partial charge is 0.480 e. The lowest BCUT2D eigenvalue weighted by Crippen LogP contribution is -2.50. The number of aliphatic carboxylic acids is 1. The second-order valence-electron chi connectivity index (χ2n) is 5.20. The highest BCUT2D eigenvalue weighted by Gasteiger charge is 2.33. The van der Waals surface area contributed by atoms with Crippen LogP contribution < -0.4 is 5.32 Å². The van der Waals surface area contributed by atoms with E-state index in [2.05, 4.69) is 15.4 Å². The molecule has 2 N–H and O–H groups in total. The van der Waals surface area contributed by atoms with Crippen LogP contribution >= 0.6 is 0 Å². The van der Waals surface area contributed by atoms with Crippen LogP contribution in [0, 0.1) is 5.41 Å². The fraction of sp³-hybridized carbons (Fsp3) is 0.636. The number of carbonyl (C=O) groups excluding carboxylic acids is 1. The molecule has 1 unspecified atom stereocenters. The molecule has 0 bridgehead atoms. The van der Waals surface area contributed by atoms with Crippen molar-refractivity contribution in [1.29, 1.82) is 0 Å². The van der Waals surface area contributed by atoms with Gasteiger partial charge < -0.3 is 10.4 Å². The van der Waals surface area contributed by atoms with Crippen LogP contribution in [0.4, 0.5) is 0 Å². The van der Waals surface area contributed by atoms with Gasteiger partial charge in [-0.05, 0) is 12.3 Å². The molecular formula is C11H18N4O3. The zero-order valence-electron chi connectivity index (χ0n) is 10.9. The normalized spacial score (nSPS) is 14.9. The van der Waals surface area contributed by atoms with E-state index in [0.29, 0.717) is 0 Å². The Morgan fingerprint density at radius 2 is 2.00 bits per heavy atom. The van der Waals surface area contributed by atoms with Gasteiger partial charge in [-0.25, -0.2) is 14.5 Å². The van der Waals surface area contributed by atoms with E-state index in [4.69, 9.17) is 5.11 Å². The van der Waals surface area contributed by atoms with Crippen molar-refractivity contribution in [2.75, 3.05) is 0 Å². The third-order valence-electron chi connectivity index (χ3n) is 2.61. The smallest absolute Gasteiger partial charge is 0.326 e. The van der Waals surface area contributed by atoms with Crippen molar-refractivity contribution >= 4 is 11.9 Å². The van der Waals surface area contributed by atoms with Crippen molar-refractivity contribution in [3.8, 4) is 0 Å². The molecule has 0 spiro atoms. The Hall–Kier alpha value is -1.92. The van der Waals surface area contributed by atoms with E-state index in [1.54, 1.807) is 27.7 Å². The molecule has 0 aliphatic rings. The van der Waals surface area contributed by atoms with Crippen LogP contribution in [0.5, 0.6) is 0 Å². The molecule has 0 fully saturated rings. The molecule has 1 amide bonds. The van der Waals surface area contributed by atoms with E-state index in [-0.39, 0.29) is 0 Å². The average molecular weight is 254 g/mol. The van der Waals surface area contributed by atoms with Crippen LogP contribution in [0.25, 0.3) is 0 Å². The Kier molecular flexibility index (Phi) is 4.05. The zero-order chi connectivity index (χ0) is 13.9. The lowest BCUT2D eigenvalue weighted by molar-refractivity contribution is -0.145. The fourth-order valence-electron chi connectivity index (χ4n) is 1.45. The molecule has 1 aromatic heterocycles. The van der Waals surface area contributed by atoms with Crippen LogP contribution in [0.3, 0.4) is 0 Å². The molecule has 1 aromatic rings. The Morgan fingerprint density at radius 1 is 1.39 bits per heavy atom. The molecule has 18 heavy (non-hydrogen) atoms. The number of aromatic nitrogens is 3. The summed E-state index contributed by atoms with van der Waals surface area (Å²) in [5.41, 5.74) is -0.566. The predicted octanol–water partition coefficient (Wildman–Crippen LogP) is 0.455. The van der Waals surface area contributed by atoms with Gasteiger partial charge in [0.25, 0.3) is 0 Å². The zero-order valence-corrected chi connectivity index (χ0v) is 10.9. The van der Waals surface area contributed by atoms with Gasteiger partial charge >= 0.3 is 5.97 Å². The quantitative estimate of drug-likeness (QED) is 0.813. The van der Waals surface area contributed by atoms with Crippen LogP contribution in [0.1, 0.15) is 33.7 Å². The van der Waals surface area contributed by atoms with Crippen LogP contribution in [0.2, 0.25) is 0 Å². The minimum atomic E-state index is -1.05. The number of nitrogens with zero attached hydrogens (tertiary/aromatic N) is 3. The molecule has 1 heterocycles. The Bertz CT molecular complexity index is 422. The van der Waals surface area contributed by atoms with Gasteiger partial charge in [0.2, 0.25) is 5.91 Å². The lowest BCUT2D eigenvalue weighted by Gasteiger charge is -2.28. The van der Waals surface area contributed by atoms with Crippen LogP contribution in [-0.2, 0) is 9.59 Å². The van der Waals surface area contributed by atoms with Gasteiger partial charge in [0.15, 0.2) is 0 Å². The SMILES string of the molecule is CC(C(=O)N[C@@H](C(=O)O)C(C)(C)C)n1cncn1. The summed E-state index contributed by atoms with van der Waals surface area (Å²) in [7, 11) is 0. The number of carbonyl (C=O) groups is 2. The van der Waals surface area contributed by atoms with Crippen molar-refractivity contribution in [2.24, 2.45) is 5.41 Å². The van der Waals surface area contributed by atoms with E-state index in [0.717, 1.165) is 0 Å². The first-order valence-corrected chi connectivity index (χ1v) is 5.60. The van der Waals surface area contributed by atoms with Crippen molar-refractivity contribution in [3.05, 3.63) is 12.7 Å². The molecule has 7 nitrogen and oxygen atoms in total. The second-order valence-corrected chi connectivity index (χ2v) is 5.20. The summed E-state index contributed by atoms with van der Waals surface area (Å²) in [6.07, 6.45) is 2.74. The van der Waals surface area contributed by atoms with Gasteiger partial charge in [0.05, 0.1) is 0 Å². The van der Waals surface area contributed by atoms with E-state index < -0.39 is 29.4 Å². The maximum absolute atomic E-state index is 11.9. The first-order chi connectivity index (χ1) is 8.23. The van der Waals surface area contributed by atoms with Crippen molar-refractivity contribution < 1.29 is 14.7 Å². The highest BCUT2D eigenvalue weighted by molar-refractivity contribution is 5.86.